The van der Waals surface area contributed by atoms with E-state index in [0.29, 0.717) is 5.69 Å². The number of hydrogen-bond acceptors (Lipinski definition) is 1. The fraction of sp³-hybridized carbons (Fsp3) is 0.100. The Labute approximate surface area is 71.3 Å². The Balaban J connectivity index is 3.19. The highest BCUT2D eigenvalue weighted by atomic mass is 19.1. The fourth-order valence-electron chi connectivity index (χ4n) is 0.945. The van der Waals surface area contributed by atoms with E-state index in [9.17, 15) is 4.39 Å². The number of aromatic nitrogens is 1. The van der Waals surface area contributed by atoms with Crippen LogP contribution < -0.4 is 0 Å². The molecule has 0 saturated heterocycles. The highest BCUT2D eigenvalue weighted by Gasteiger charge is 1.98. The highest BCUT2D eigenvalue weighted by Crippen LogP contribution is 2.10. The standard InChI is InChI=1S/C10H10FN/c1-3-5-8-6-7-10(11)12-9(8)4-2/h3-7H,2H2,1H3/b5-3-. The molecule has 0 aromatic carbocycles. The summed E-state index contributed by atoms with van der Waals surface area (Å²) in [7, 11) is 0. The molecular weight excluding hydrogens is 153 g/mol. The third-order valence-corrected chi connectivity index (χ3v) is 1.46. The molecule has 0 atom stereocenters. The first-order chi connectivity index (χ1) is 5.77. The lowest BCUT2D eigenvalue weighted by Crippen LogP contribution is -1.89. The van der Waals surface area contributed by atoms with Crippen molar-refractivity contribution in [3.05, 3.63) is 42.0 Å². The highest BCUT2D eigenvalue weighted by molar-refractivity contribution is 5.60. The normalized spacial score (nSPS) is 10.5. The molecule has 12 heavy (non-hydrogen) atoms. The van der Waals surface area contributed by atoms with Crippen molar-refractivity contribution in [2.24, 2.45) is 0 Å². The summed E-state index contributed by atoms with van der Waals surface area (Å²) in [6.45, 7) is 5.45. The first kappa shape index (κ1) is 8.65. The maximum atomic E-state index is 12.6. The van der Waals surface area contributed by atoms with Crippen molar-refractivity contribution < 1.29 is 4.39 Å². The summed E-state index contributed by atoms with van der Waals surface area (Å²) in [6.07, 6.45) is 5.28. The molecule has 1 nitrogen and oxygen atoms in total. The van der Waals surface area contributed by atoms with E-state index in [0.717, 1.165) is 5.56 Å². The maximum Gasteiger partial charge on any atom is 0.213 e. The fourth-order valence-corrected chi connectivity index (χ4v) is 0.945. The monoisotopic (exact) mass is 163 g/mol. The van der Waals surface area contributed by atoms with Gasteiger partial charge in [-0.2, -0.15) is 4.39 Å². The number of pyridine rings is 1. The number of allylic oxidation sites excluding steroid dienone is 1. The molecule has 2 heteroatoms. The molecule has 0 unspecified atom stereocenters. The zero-order valence-corrected chi connectivity index (χ0v) is 6.92. The summed E-state index contributed by atoms with van der Waals surface area (Å²) in [5.41, 5.74) is 1.46. The molecule has 1 rings (SSSR count). The van der Waals surface area contributed by atoms with Crippen LogP contribution in [0.25, 0.3) is 12.2 Å². The lowest BCUT2D eigenvalue weighted by Gasteiger charge is -1.98. The molecule has 0 saturated carbocycles. The second-order valence-electron chi connectivity index (χ2n) is 2.31. The Hall–Kier alpha value is -1.44. The van der Waals surface area contributed by atoms with Crippen molar-refractivity contribution in [3.8, 4) is 0 Å². The van der Waals surface area contributed by atoms with E-state index in [-0.39, 0.29) is 0 Å². The second kappa shape index (κ2) is 3.81. The molecule has 0 aliphatic rings. The third-order valence-electron chi connectivity index (χ3n) is 1.46. The van der Waals surface area contributed by atoms with Crippen LogP contribution in [0.3, 0.4) is 0 Å². The predicted octanol–water partition coefficient (Wildman–Crippen LogP) is 2.90. The van der Waals surface area contributed by atoms with Crippen LogP contribution in [0.1, 0.15) is 18.2 Å². The molecule has 1 aromatic heterocycles. The van der Waals surface area contributed by atoms with Crippen LogP contribution >= 0.6 is 0 Å². The van der Waals surface area contributed by atoms with Gasteiger partial charge in [0.2, 0.25) is 5.95 Å². The average molecular weight is 163 g/mol. The Kier molecular flexibility index (Phi) is 2.75. The van der Waals surface area contributed by atoms with Gasteiger partial charge in [0, 0.05) is 5.56 Å². The van der Waals surface area contributed by atoms with Crippen molar-refractivity contribution in [1.29, 1.82) is 0 Å². The van der Waals surface area contributed by atoms with E-state index < -0.39 is 5.95 Å². The minimum atomic E-state index is -0.474. The van der Waals surface area contributed by atoms with Crippen LogP contribution in [0.15, 0.2) is 24.8 Å². The molecule has 0 bridgehead atoms. The second-order valence-corrected chi connectivity index (χ2v) is 2.31. The van der Waals surface area contributed by atoms with Crippen molar-refractivity contribution in [3.63, 3.8) is 0 Å². The lowest BCUT2D eigenvalue weighted by molar-refractivity contribution is 0.582. The van der Waals surface area contributed by atoms with Gasteiger partial charge in [0.15, 0.2) is 0 Å². The van der Waals surface area contributed by atoms with Gasteiger partial charge in [0.1, 0.15) is 0 Å². The molecule has 0 aliphatic heterocycles. The largest absolute Gasteiger partial charge is 0.220 e. The molecule has 62 valence electrons. The number of halogens is 1. The van der Waals surface area contributed by atoms with E-state index in [4.69, 9.17) is 0 Å². The van der Waals surface area contributed by atoms with Crippen molar-refractivity contribution in [2.75, 3.05) is 0 Å². The first-order valence-electron chi connectivity index (χ1n) is 3.69. The van der Waals surface area contributed by atoms with Crippen molar-refractivity contribution in [2.45, 2.75) is 6.92 Å². The van der Waals surface area contributed by atoms with Gasteiger partial charge in [0.25, 0.3) is 0 Å². The molecule has 0 spiro atoms. The van der Waals surface area contributed by atoms with Crippen molar-refractivity contribution in [1.82, 2.24) is 4.98 Å². The SMILES string of the molecule is C=Cc1nc(F)ccc1/C=C\C. The van der Waals surface area contributed by atoms with Crippen molar-refractivity contribution >= 4 is 12.2 Å². The van der Waals surface area contributed by atoms with Gasteiger partial charge >= 0.3 is 0 Å². The molecule has 0 radical (unpaired) electrons. The van der Waals surface area contributed by atoms with E-state index in [1.165, 1.54) is 6.07 Å². The molecule has 1 heterocycles. The van der Waals surface area contributed by atoms with Crippen LogP contribution in [0.2, 0.25) is 0 Å². The van der Waals surface area contributed by atoms with Gasteiger partial charge in [0.05, 0.1) is 5.69 Å². The molecule has 0 fully saturated rings. The Morgan fingerprint density at radius 2 is 2.25 bits per heavy atom. The summed E-state index contributed by atoms with van der Waals surface area (Å²) in [4.78, 5) is 3.67. The molecular formula is C10H10FN. The van der Waals surface area contributed by atoms with Crippen LogP contribution in [-0.4, -0.2) is 4.98 Å². The van der Waals surface area contributed by atoms with Crippen LogP contribution in [0.4, 0.5) is 4.39 Å². The van der Waals surface area contributed by atoms with E-state index in [2.05, 4.69) is 11.6 Å². The minimum Gasteiger partial charge on any atom is -0.220 e. The van der Waals surface area contributed by atoms with Gasteiger partial charge in [-0.05, 0) is 25.1 Å². The number of nitrogens with zero attached hydrogens (tertiary/aromatic N) is 1. The molecule has 0 amide bonds. The van der Waals surface area contributed by atoms with Gasteiger partial charge in [-0.25, -0.2) is 4.98 Å². The zero-order chi connectivity index (χ0) is 8.97. The van der Waals surface area contributed by atoms with E-state index in [1.54, 1.807) is 12.1 Å². The Bertz CT molecular complexity index is 316. The van der Waals surface area contributed by atoms with E-state index in [1.807, 2.05) is 19.1 Å². The van der Waals surface area contributed by atoms with Crippen LogP contribution in [0.5, 0.6) is 0 Å². The number of hydrogen-bond donors (Lipinski definition) is 0. The Morgan fingerprint density at radius 3 is 2.83 bits per heavy atom. The summed E-state index contributed by atoms with van der Waals surface area (Å²) in [5.74, 6) is -0.474. The quantitative estimate of drug-likeness (QED) is 0.611. The van der Waals surface area contributed by atoms with Gasteiger partial charge < -0.3 is 0 Å². The molecule has 1 aromatic rings. The summed E-state index contributed by atoms with van der Waals surface area (Å²) < 4.78 is 12.6. The summed E-state index contributed by atoms with van der Waals surface area (Å²) in [5, 5.41) is 0. The third kappa shape index (κ3) is 1.78. The summed E-state index contributed by atoms with van der Waals surface area (Å²) >= 11 is 0. The molecule has 0 aliphatic carbocycles. The maximum absolute atomic E-state index is 12.6. The van der Waals surface area contributed by atoms with Crippen LogP contribution in [-0.2, 0) is 0 Å². The van der Waals surface area contributed by atoms with E-state index >= 15 is 0 Å². The van der Waals surface area contributed by atoms with Gasteiger partial charge in [-0.3, -0.25) is 0 Å². The zero-order valence-electron chi connectivity index (χ0n) is 6.92. The minimum absolute atomic E-state index is 0.474. The van der Waals surface area contributed by atoms with Gasteiger partial charge in [-0.15, -0.1) is 0 Å². The average Bonchev–Trinajstić information content (AvgIpc) is 2.08. The lowest BCUT2D eigenvalue weighted by atomic mass is 10.2. The smallest absolute Gasteiger partial charge is 0.213 e. The Morgan fingerprint density at radius 1 is 1.50 bits per heavy atom. The van der Waals surface area contributed by atoms with Gasteiger partial charge in [-0.1, -0.05) is 18.7 Å². The van der Waals surface area contributed by atoms with Crippen LogP contribution in [0, 0.1) is 5.95 Å². The number of rotatable bonds is 2. The molecule has 0 N–H and O–H groups in total. The topological polar surface area (TPSA) is 12.9 Å². The first-order valence-corrected chi connectivity index (χ1v) is 3.69. The summed E-state index contributed by atoms with van der Waals surface area (Å²) in [6, 6.07) is 3.02. The predicted molar refractivity (Wildman–Crippen MR) is 49.0 cm³/mol.